The first-order valence-corrected chi connectivity index (χ1v) is 4.51. The third-order valence-corrected chi connectivity index (χ3v) is 2.43. The van der Waals surface area contributed by atoms with Crippen LogP contribution in [0.25, 0.3) is 0 Å². The van der Waals surface area contributed by atoms with Gasteiger partial charge < -0.3 is 10.8 Å². The van der Waals surface area contributed by atoms with Crippen LogP contribution in [0, 0.1) is 0 Å². The maximum atomic E-state index is 9.15. The maximum absolute atomic E-state index is 9.15. The Morgan fingerprint density at radius 3 is 2.54 bits per heavy atom. The molecule has 72 valence electrons. The molecule has 0 unspecified atom stereocenters. The lowest BCUT2D eigenvalue weighted by Gasteiger charge is -2.23. The van der Waals surface area contributed by atoms with Crippen molar-refractivity contribution in [3.8, 4) is 0 Å². The van der Waals surface area contributed by atoms with E-state index in [9.17, 15) is 0 Å². The van der Waals surface area contributed by atoms with Crippen LogP contribution >= 0.6 is 11.6 Å². The molecular formula is C10H14ClNO. The molecule has 1 rings (SSSR count). The summed E-state index contributed by atoms with van der Waals surface area (Å²) in [5.74, 6) is 0. The lowest BCUT2D eigenvalue weighted by atomic mass is 9.85. The van der Waals surface area contributed by atoms with Crippen LogP contribution in [0.4, 0.5) is 5.69 Å². The van der Waals surface area contributed by atoms with Gasteiger partial charge in [0.05, 0.1) is 6.61 Å². The molecule has 0 aliphatic carbocycles. The van der Waals surface area contributed by atoms with Gasteiger partial charge >= 0.3 is 0 Å². The number of aliphatic hydroxyl groups excluding tert-OH is 1. The SMILES string of the molecule is CC(C)(CO)c1ccc(N)cc1Cl. The second-order valence-electron chi connectivity index (χ2n) is 3.78. The van der Waals surface area contributed by atoms with E-state index >= 15 is 0 Å². The number of hydrogen-bond donors (Lipinski definition) is 2. The third-order valence-electron chi connectivity index (χ3n) is 2.12. The number of nitrogens with two attached hydrogens (primary N) is 1. The zero-order valence-corrected chi connectivity index (χ0v) is 8.60. The Morgan fingerprint density at radius 1 is 1.46 bits per heavy atom. The molecule has 1 aromatic rings. The average molecular weight is 200 g/mol. The van der Waals surface area contributed by atoms with Crippen molar-refractivity contribution < 1.29 is 5.11 Å². The summed E-state index contributed by atoms with van der Waals surface area (Å²) in [7, 11) is 0. The van der Waals surface area contributed by atoms with E-state index in [1.165, 1.54) is 0 Å². The van der Waals surface area contributed by atoms with Gasteiger partial charge in [-0.05, 0) is 17.7 Å². The minimum Gasteiger partial charge on any atom is -0.399 e. The van der Waals surface area contributed by atoms with E-state index in [2.05, 4.69) is 0 Å². The van der Waals surface area contributed by atoms with Crippen LogP contribution < -0.4 is 5.73 Å². The lowest BCUT2D eigenvalue weighted by molar-refractivity contribution is 0.218. The van der Waals surface area contributed by atoms with Crippen molar-refractivity contribution in [1.82, 2.24) is 0 Å². The summed E-state index contributed by atoms with van der Waals surface area (Å²) in [5.41, 5.74) is 6.81. The van der Waals surface area contributed by atoms with Gasteiger partial charge in [-0.3, -0.25) is 0 Å². The number of aliphatic hydroxyl groups is 1. The number of hydrogen-bond acceptors (Lipinski definition) is 2. The van der Waals surface area contributed by atoms with Gasteiger partial charge in [0.2, 0.25) is 0 Å². The van der Waals surface area contributed by atoms with Gasteiger partial charge in [0.25, 0.3) is 0 Å². The Bertz CT molecular complexity index is 310. The molecule has 0 atom stereocenters. The summed E-state index contributed by atoms with van der Waals surface area (Å²) >= 11 is 6.00. The fourth-order valence-corrected chi connectivity index (χ4v) is 1.61. The number of benzene rings is 1. The van der Waals surface area contributed by atoms with Crippen molar-refractivity contribution >= 4 is 17.3 Å². The van der Waals surface area contributed by atoms with Crippen LogP contribution in [0.2, 0.25) is 5.02 Å². The van der Waals surface area contributed by atoms with Crippen molar-refractivity contribution in [3.63, 3.8) is 0 Å². The van der Waals surface area contributed by atoms with Crippen molar-refractivity contribution in [1.29, 1.82) is 0 Å². The van der Waals surface area contributed by atoms with Crippen molar-refractivity contribution in [3.05, 3.63) is 28.8 Å². The maximum Gasteiger partial charge on any atom is 0.0523 e. The molecule has 0 saturated carbocycles. The van der Waals surface area contributed by atoms with Crippen LogP contribution in [0.1, 0.15) is 19.4 Å². The van der Waals surface area contributed by atoms with Crippen molar-refractivity contribution in [2.75, 3.05) is 12.3 Å². The monoisotopic (exact) mass is 199 g/mol. The summed E-state index contributed by atoms with van der Waals surface area (Å²) in [5, 5.41) is 9.76. The summed E-state index contributed by atoms with van der Waals surface area (Å²) in [4.78, 5) is 0. The van der Waals surface area contributed by atoms with Gasteiger partial charge in [-0.2, -0.15) is 0 Å². The summed E-state index contributed by atoms with van der Waals surface area (Å²) in [6, 6.07) is 5.35. The van der Waals surface area contributed by atoms with Gasteiger partial charge in [-0.25, -0.2) is 0 Å². The molecule has 0 saturated heterocycles. The molecule has 0 aromatic heterocycles. The van der Waals surface area contributed by atoms with Crippen molar-refractivity contribution in [2.24, 2.45) is 0 Å². The molecule has 3 heteroatoms. The van der Waals surface area contributed by atoms with E-state index < -0.39 is 0 Å². The highest BCUT2D eigenvalue weighted by molar-refractivity contribution is 6.31. The molecule has 0 aliphatic rings. The number of anilines is 1. The minimum absolute atomic E-state index is 0.0661. The second kappa shape index (κ2) is 3.56. The molecule has 13 heavy (non-hydrogen) atoms. The summed E-state index contributed by atoms with van der Waals surface area (Å²) in [6.45, 7) is 3.94. The fourth-order valence-electron chi connectivity index (χ4n) is 1.17. The predicted octanol–water partition coefficient (Wildman–Crippen LogP) is 2.19. The number of halogens is 1. The quantitative estimate of drug-likeness (QED) is 0.718. The summed E-state index contributed by atoms with van der Waals surface area (Å²) < 4.78 is 0. The van der Waals surface area contributed by atoms with Crippen LogP contribution in [0.5, 0.6) is 0 Å². The highest BCUT2D eigenvalue weighted by atomic mass is 35.5. The largest absolute Gasteiger partial charge is 0.399 e. The normalized spacial score (nSPS) is 11.7. The zero-order valence-electron chi connectivity index (χ0n) is 7.84. The first kappa shape index (κ1) is 10.4. The average Bonchev–Trinajstić information content (AvgIpc) is 2.03. The van der Waals surface area contributed by atoms with E-state index in [-0.39, 0.29) is 12.0 Å². The highest BCUT2D eigenvalue weighted by Crippen LogP contribution is 2.30. The fraction of sp³-hybridized carbons (Fsp3) is 0.400. The van der Waals surface area contributed by atoms with Gasteiger partial charge in [0.1, 0.15) is 0 Å². The van der Waals surface area contributed by atoms with E-state index in [0.29, 0.717) is 10.7 Å². The van der Waals surface area contributed by atoms with Gasteiger partial charge in [-0.1, -0.05) is 31.5 Å². The first-order valence-electron chi connectivity index (χ1n) is 4.14. The summed E-state index contributed by atoms with van der Waals surface area (Å²) in [6.07, 6.45) is 0. The van der Waals surface area contributed by atoms with E-state index in [1.807, 2.05) is 19.9 Å². The number of nitrogen functional groups attached to an aromatic ring is 1. The van der Waals surface area contributed by atoms with Gasteiger partial charge in [0, 0.05) is 16.1 Å². The second-order valence-corrected chi connectivity index (χ2v) is 4.19. The third kappa shape index (κ3) is 2.14. The van der Waals surface area contributed by atoms with E-state index in [1.54, 1.807) is 12.1 Å². The van der Waals surface area contributed by atoms with Crippen molar-refractivity contribution in [2.45, 2.75) is 19.3 Å². The molecule has 0 radical (unpaired) electrons. The molecule has 3 N–H and O–H groups in total. The Balaban J connectivity index is 3.16. The standard InChI is InChI=1S/C10H14ClNO/c1-10(2,6-13)8-4-3-7(12)5-9(8)11/h3-5,13H,6,12H2,1-2H3. The van der Waals surface area contributed by atoms with E-state index in [0.717, 1.165) is 5.56 Å². The Labute approximate surface area is 83.3 Å². The van der Waals surface area contributed by atoms with Gasteiger partial charge in [-0.15, -0.1) is 0 Å². The Kier molecular flexibility index (Phi) is 2.84. The molecule has 0 amide bonds. The molecule has 2 nitrogen and oxygen atoms in total. The smallest absolute Gasteiger partial charge is 0.0523 e. The van der Waals surface area contributed by atoms with Crippen LogP contribution in [-0.2, 0) is 5.41 Å². The molecule has 1 aromatic carbocycles. The first-order chi connectivity index (χ1) is 5.97. The Hall–Kier alpha value is -0.730. The lowest BCUT2D eigenvalue weighted by Crippen LogP contribution is -2.22. The predicted molar refractivity (Wildman–Crippen MR) is 56.0 cm³/mol. The molecule has 0 spiro atoms. The molecule has 0 fully saturated rings. The Morgan fingerprint density at radius 2 is 2.08 bits per heavy atom. The van der Waals surface area contributed by atoms with E-state index in [4.69, 9.17) is 22.4 Å². The zero-order chi connectivity index (χ0) is 10.1. The topological polar surface area (TPSA) is 46.2 Å². The minimum atomic E-state index is -0.315. The van der Waals surface area contributed by atoms with Crippen LogP contribution in [-0.4, -0.2) is 11.7 Å². The molecule has 0 aliphatic heterocycles. The van der Waals surface area contributed by atoms with Crippen LogP contribution in [0.3, 0.4) is 0 Å². The molecule has 0 heterocycles. The van der Waals surface area contributed by atoms with Gasteiger partial charge in [0.15, 0.2) is 0 Å². The molecule has 0 bridgehead atoms. The molecular weight excluding hydrogens is 186 g/mol. The highest BCUT2D eigenvalue weighted by Gasteiger charge is 2.21. The van der Waals surface area contributed by atoms with Crippen LogP contribution in [0.15, 0.2) is 18.2 Å². The number of rotatable bonds is 2.